The average molecular weight is 481 g/mol. The van der Waals surface area contributed by atoms with Gasteiger partial charge in [0, 0.05) is 10.7 Å². The minimum Gasteiger partial charge on any atom is -0.487 e. The van der Waals surface area contributed by atoms with E-state index < -0.39 is 11.9 Å². The molecule has 0 heterocycles. The number of nitrogens with zero attached hydrogens (tertiary/aromatic N) is 1. The zero-order chi connectivity index (χ0) is 23.8. The summed E-state index contributed by atoms with van der Waals surface area (Å²) in [5.41, 5.74) is 2.11. The number of benzene rings is 3. The van der Waals surface area contributed by atoms with Crippen LogP contribution in [0.4, 0.5) is 5.69 Å². The van der Waals surface area contributed by atoms with Gasteiger partial charge in [-0.2, -0.15) is 5.26 Å². The van der Waals surface area contributed by atoms with Gasteiger partial charge in [0.25, 0.3) is 5.91 Å². The molecule has 0 atom stereocenters. The van der Waals surface area contributed by atoms with Crippen LogP contribution < -0.4 is 10.1 Å². The van der Waals surface area contributed by atoms with Crippen LogP contribution in [0.2, 0.25) is 10.0 Å². The van der Waals surface area contributed by atoms with Crippen LogP contribution in [0.15, 0.2) is 72.3 Å². The smallest absolute Gasteiger partial charge is 0.337 e. The lowest BCUT2D eigenvalue weighted by Gasteiger charge is -2.09. The number of amides is 1. The average Bonchev–Trinajstić information content (AvgIpc) is 2.82. The van der Waals surface area contributed by atoms with Gasteiger partial charge in [0.15, 0.2) is 0 Å². The first-order valence-corrected chi connectivity index (χ1v) is 10.4. The van der Waals surface area contributed by atoms with E-state index in [-0.39, 0.29) is 12.2 Å². The second kappa shape index (κ2) is 11.2. The van der Waals surface area contributed by atoms with E-state index in [9.17, 15) is 14.9 Å². The van der Waals surface area contributed by atoms with Crippen molar-refractivity contribution in [3.8, 4) is 11.8 Å². The highest BCUT2D eigenvalue weighted by molar-refractivity contribution is 6.32. The molecule has 0 fully saturated rings. The first-order valence-electron chi connectivity index (χ1n) is 9.68. The number of hydrogen-bond donors (Lipinski definition) is 1. The molecule has 0 unspecified atom stereocenters. The Balaban J connectivity index is 1.68. The van der Waals surface area contributed by atoms with Crippen molar-refractivity contribution >= 4 is 46.8 Å². The maximum Gasteiger partial charge on any atom is 0.337 e. The third-order valence-corrected chi connectivity index (χ3v) is 5.01. The fraction of sp³-hybridized carbons (Fsp3) is 0.0800. The highest BCUT2D eigenvalue weighted by Gasteiger charge is 2.12. The minimum absolute atomic E-state index is 0.115. The molecule has 166 valence electrons. The predicted octanol–water partition coefficient (Wildman–Crippen LogP) is 5.90. The van der Waals surface area contributed by atoms with E-state index in [1.165, 1.54) is 25.3 Å². The molecule has 0 saturated carbocycles. The van der Waals surface area contributed by atoms with Gasteiger partial charge in [-0.05, 0) is 65.7 Å². The number of anilines is 1. The molecule has 33 heavy (non-hydrogen) atoms. The fourth-order valence-corrected chi connectivity index (χ4v) is 3.29. The number of hydrogen-bond acceptors (Lipinski definition) is 5. The zero-order valence-electron chi connectivity index (χ0n) is 17.5. The van der Waals surface area contributed by atoms with Gasteiger partial charge in [-0.1, -0.05) is 41.4 Å². The Labute approximate surface area is 201 Å². The number of carbonyl (C=O) groups is 2. The summed E-state index contributed by atoms with van der Waals surface area (Å²) in [7, 11) is 1.28. The van der Waals surface area contributed by atoms with Gasteiger partial charge in [-0.3, -0.25) is 4.79 Å². The van der Waals surface area contributed by atoms with E-state index in [4.69, 9.17) is 27.9 Å². The van der Waals surface area contributed by atoms with Crippen LogP contribution in [0.3, 0.4) is 0 Å². The number of methoxy groups -OCH3 is 1. The van der Waals surface area contributed by atoms with Gasteiger partial charge >= 0.3 is 5.97 Å². The SMILES string of the molecule is COC(=O)c1ccc(NC(=O)/C(C#N)=C/c2ccc(OCc3cccc(Cl)c3)c(Cl)c2)cc1. The van der Waals surface area contributed by atoms with Crippen molar-refractivity contribution in [2.24, 2.45) is 0 Å². The van der Waals surface area contributed by atoms with E-state index in [1.807, 2.05) is 18.2 Å². The highest BCUT2D eigenvalue weighted by atomic mass is 35.5. The summed E-state index contributed by atoms with van der Waals surface area (Å²) in [6.07, 6.45) is 1.42. The molecule has 0 saturated heterocycles. The van der Waals surface area contributed by atoms with Crippen molar-refractivity contribution in [3.05, 3.63) is 99.0 Å². The Morgan fingerprint density at radius 3 is 2.45 bits per heavy atom. The number of carbonyl (C=O) groups excluding carboxylic acids is 2. The quantitative estimate of drug-likeness (QED) is 0.258. The molecule has 0 aliphatic carbocycles. The standard InChI is InChI=1S/C25H18Cl2N2O4/c1-32-25(31)18-6-8-21(9-7-18)29-24(30)19(14-28)11-16-5-10-23(22(27)13-16)33-15-17-3-2-4-20(26)12-17/h2-13H,15H2,1H3,(H,29,30)/b19-11+. The molecule has 3 rings (SSSR count). The van der Waals surface area contributed by atoms with Crippen LogP contribution in [0.1, 0.15) is 21.5 Å². The van der Waals surface area contributed by atoms with Crippen LogP contribution in [0.5, 0.6) is 5.75 Å². The fourth-order valence-electron chi connectivity index (χ4n) is 2.83. The van der Waals surface area contributed by atoms with Crippen LogP contribution in [0.25, 0.3) is 6.08 Å². The second-order valence-electron chi connectivity index (χ2n) is 6.80. The predicted molar refractivity (Wildman–Crippen MR) is 127 cm³/mol. The molecule has 3 aromatic carbocycles. The molecule has 0 aliphatic rings. The zero-order valence-corrected chi connectivity index (χ0v) is 19.0. The van der Waals surface area contributed by atoms with Gasteiger partial charge in [0.05, 0.1) is 17.7 Å². The van der Waals surface area contributed by atoms with E-state index in [0.717, 1.165) is 5.56 Å². The molecule has 8 heteroatoms. The van der Waals surface area contributed by atoms with Crippen molar-refractivity contribution in [2.75, 3.05) is 12.4 Å². The lowest BCUT2D eigenvalue weighted by atomic mass is 10.1. The van der Waals surface area contributed by atoms with Crippen LogP contribution in [-0.2, 0) is 16.1 Å². The molecule has 1 amide bonds. The Hall–Kier alpha value is -3.79. The molecular formula is C25H18Cl2N2O4. The molecule has 0 aromatic heterocycles. The largest absolute Gasteiger partial charge is 0.487 e. The monoisotopic (exact) mass is 480 g/mol. The number of nitriles is 1. The lowest BCUT2D eigenvalue weighted by molar-refractivity contribution is -0.112. The Morgan fingerprint density at radius 1 is 1.06 bits per heavy atom. The van der Waals surface area contributed by atoms with Crippen LogP contribution in [0, 0.1) is 11.3 Å². The number of rotatable bonds is 7. The summed E-state index contributed by atoms with van der Waals surface area (Å²) in [6.45, 7) is 0.288. The first-order chi connectivity index (χ1) is 15.9. The summed E-state index contributed by atoms with van der Waals surface area (Å²) >= 11 is 12.3. The highest BCUT2D eigenvalue weighted by Crippen LogP contribution is 2.27. The molecular weight excluding hydrogens is 463 g/mol. The molecule has 3 aromatic rings. The van der Waals surface area contributed by atoms with Gasteiger partial charge in [0.2, 0.25) is 0 Å². The van der Waals surface area contributed by atoms with Crippen molar-refractivity contribution in [1.82, 2.24) is 0 Å². The number of ether oxygens (including phenoxy) is 2. The molecule has 0 bridgehead atoms. The summed E-state index contributed by atoms with van der Waals surface area (Å²) < 4.78 is 10.4. The normalized spacial score (nSPS) is 10.8. The Morgan fingerprint density at radius 2 is 1.82 bits per heavy atom. The molecule has 6 nitrogen and oxygen atoms in total. The Bertz CT molecular complexity index is 1250. The second-order valence-corrected chi connectivity index (χ2v) is 7.64. The number of esters is 1. The molecule has 0 aliphatic heterocycles. The van der Waals surface area contributed by atoms with Gasteiger partial charge in [-0.15, -0.1) is 0 Å². The molecule has 0 radical (unpaired) electrons. The van der Waals surface area contributed by atoms with Gasteiger partial charge in [-0.25, -0.2) is 4.79 Å². The summed E-state index contributed by atoms with van der Waals surface area (Å²) in [5, 5.41) is 13.0. The molecule has 0 spiro atoms. The van der Waals surface area contributed by atoms with E-state index >= 15 is 0 Å². The van der Waals surface area contributed by atoms with Gasteiger partial charge < -0.3 is 14.8 Å². The summed E-state index contributed by atoms with van der Waals surface area (Å²) in [6, 6.07) is 20.2. The van der Waals surface area contributed by atoms with E-state index in [2.05, 4.69) is 10.1 Å². The van der Waals surface area contributed by atoms with Crippen molar-refractivity contribution < 1.29 is 19.1 Å². The van der Waals surface area contributed by atoms with Crippen LogP contribution >= 0.6 is 23.2 Å². The maximum atomic E-state index is 12.5. The van der Waals surface area contributed by atoms with Gasteiger partial charge in [0.1, 0.15) is 24.0 Å². The summed E-state index contributed by atoms with van der Waals surface area (Å²) in [4.78, 5) is 24.0. The van der Waals surface area contributed by atoms with Crippen molar-refractivity contribution in [2.45, 2.75) is 6.61 Å². The van der Waals surface area contributed by atoms with Crippen molar-refractivity contribution in [1.29, 1.82) is 5.26 Å². The summed E-state index contributed by atoms with van der Waals surface area (Å²) in [5.74, 6) is -0.620. The van der Waals surface area contributed by atoms with Crippen LogP contribution in [-0.4, -0.2) is 19.0 Å². The number of halogens is 2. The third kappa shape index (κ3) is 6.59. The lowest BCUT2D eigenvalue weighted by Crippen LogP contribution is -2.13. The van der Waals surface area contributed by atoms with Crippen molar-refractivity contribution in [3.63, 3.8) is 0 Å². The molecule has 1 N–H and O–H groups in total. The Kier molecular flexibility index (Phi) is 8.09. The maximum absolute atomic E-state index is 12.5. The number of nitrogens with one attached hydrogen (secondary N) is 1. The minimum atomic E-state index is -0.597. The van der Waals surface area contributed by atoms with E-state index in [0.29, 0.717) is 32.6 Å². The topological polar surface area (TPSA) is 88.4 Å². The third-order valence-electron chi connectivity index (χ3n) is 4.48. The van der Waals surface area contributed by atoms with E-state index in [1.54, 1.807) is 42.5 Å². The first kappa shape index (κ1) is 23.9.